The van der Waals surface area contributed by atoms with Crippen molar-refractivity contribution in [2.75, 3.05) is 13.2 Å². The number of aromatic nitrogens is 3. The number of pyridine rings is 1. The Labute approximate surface area is 175 Å². The van der Waals surface area contributed by atoms with Gasteiger partial charge in [0.15, 0.2) is 0 Å². The van der Waals surface area contributed by atoms with Crippen LogP contribution in [0.2, 0.25) is 0 Å². The van der Waals surface area contributed by atoms with E-state index in [4.69, 9.17) is 4.74 Å². The summed E-state index contributed by atoms with van der Waals surface area (Å²) in [5.41, 5.74) is 1.18. The zero-order chi connectivity index (χ0) is 22.1. The molecule has 0 saturated heterocycles. The van der Waals surface area contributed by atoms with Gasteiger partial charge in [-0.05, 0) is 38.3 Å². The Kier molecular flexibility index (Phi) is 8.52. The van der Waals surface area contributed by atoms with Gasteiger partial charge in [0, 0.05) is 41.8 Å². The van der Waals surface area contributed by atoms with E-state index < -0.39 is 6.09 Å². The van der Waals surface area contributed by atoms with Crippen LogP contribution in [-0.2, 0) is 16.0 Å². The van der Waals surface area contributed by atoms with E-state index in [-0.39, 0.29) is 37.1 Å². The Morgan fingerprint density at radius 1 is 1.23 bits per heavy atom. The predicted octanol–water partition coefficient (Wildman–Crippen LogP) is 1.96. The first-order valence-corrected chi connectivity index (χ1v) is 10.00. The van der Waals surface area contributed by atoms with Crippen LogP contribution >= 0.6 is 0 Å². The Morgan fingerprint density at radius 2 is 1.93 bits per heavy atom. The van der Waals surface area contributed by atoms with Crippen molar-refractivity contribution in [1.29, 1.82) is 0 Å². The molecule has 0 unspecified atom stereocenters. The van der Waals surface area contributed by atoms with Gasteiger partial charge in [-0.15, -0.1) is 0 Å². The van der Waals surface area contributed by atoms with Gasteiger partial charge in [-0.25, -0.2) is 9.78 Å². The highest BCUT2D eigenvalue weighted by atomic mass is 16.5. The average Bonchev–Trinajstić information content (AvgIpc) is 2.69. The van der Waals surface area contributed by atoms with Gasteiger partial charge in [0.25, 0.3) is 5.56 Å². The van der Waals surface area contributed by atoms with Crippen molar-refractivity contribution < 1.29 is 14.3 Å². The maximum Gasteiger partial charge on any atom is 0.407 e. The van der Waals surface area contributed by atoms with Crippen LogP contribution in [-0.4, -0.2) is 46.1 Å². The summed E-state index contributed by atoms with van der Waals surface area (Å²) in [7, 11) is 0. The number of aryl methyl sites for hydroxylation is 1. The normalized spacial score (nSPS) is 11.8. The molecule has 0 fully saturated rings. The van der Waals surface area contributed by atoms with Crippen LogP contribution in [0.4, 0.5) is 4.79 Å². The van der Waals surface area contributed by atoms with E-state index in [9.17, 15) is 14.4 Å². The Balaban J connectivity index is 2.02. The second-order valence-electron chi connectivity index (χ2n) is 7.39. The molecule has 9 nitrogen and oxygen atoms in total. The fourth-order valence-corrected chi connectivity index (χ4v) is 3.03. The molecule has 0 aliphatic carbocycles. The van der Waals surface area contributed by atoms with Crippen LogP contribution in [0.3, 0.4) is 0 Å². The number of amides is 2. The molecule has 2 aromatic rings. The zero-order valence-corrected chi connectivity index (χ0v) is 17.8. The lowest BCUT2D eigenvalue weighted by Gasteiger charge is -2.20. The molecular formula is C21H29N5O4. The predicted molar refractivity (Wildman–Crippen MR) is 113 cm³/mol. The Morgan fingerprint density at radius 3 is 2.53 bits per heavy atom. The minimum absolute atomic E-state index is 0.0986. The fraction of sp³-hybridized carbons (Fsp3) is 0.476. The summed E-state index contributed by atoms with van der Waals surface area (Å²) in [4.78, 5) is 47.7. The molecule has 1 atom stereocenters. The lowest BCUT2D eigenvalue weighted by atomic mass is 10.0. The summed E-state index contributed by atoms with van der Waals surface area (Å²) >= 11 is 0. The van der Waals surface area contributed by atoms with Crippen molar-refractivity contribution in [3.8, 4) is 11.4 Å². The van der Waals surface area contributed by atoms with Crippen molar-refractivity contribution >= 4 is 12.0 Å². The van der Waals surface area contributed by atoms with Gasteiger partial charge in [0.2, 0.25) is 5.91 Å². The highest BCUT2D eigenvalue weighted by Crippen LogP contribution is 2.13. The smallest absolute Gasteiger partial charge is 0.407 e. The summed E-state index contributed by atoms with van der Waals surface area (Å²) in [6.07, 6.45) is 3.30. The number of nitrogens with zero attached hydrogens (tertiary/aromatic N) is 2. The summed E-state index contributed by atoms with van der Waals surface area (Å²) in [5, 5.41) is 5.54. The third-order valence-electron chi connectivity index (χ3n) is 4.41. The highest BCUT2D eigenvalue weighted by Gasteiger charge is 2.18. The first-order valence-electron chi connectivity index (χ1n) is 10.00. The quantitative estimate of drug-likeness (QED) is 0.575. The van der Waals surface area contributed by atoms with Crippen LogP contribution in [0.1, 0.15) is 38.4 Å². The van der Waals surface area contributed by atoms with Crippen LogP contribution in [0, 0.1) is 12.8 Å². The molecular weight excluding hydrogens is 386 g/mol. The number of H-pyrrole nitrogens is 1. The minimum atomic E-state index is -0.513. The molecule has 0 aliphatic rings. The first-order chi connectivity index (χ1) is 14.3. The van der Waals surface area contributed by atoms with Gasteiger partial charge in [0.05, 0.1) is 13.0 Å². The van der Waals surface area contributed by atoms with E-state index in [1.807, 2.05) is 13.8 Å². The lowest BCUT2D eigenvalue weighted by molar-refractivity contribution is -0.120. The molecule has 0 aliphatic heterocycles. The van der Waals surface area contributed by atoms with Crippen molar-refractivity contribution in [2.24, 2.45) is 5.92 Å². The van der Waals surface area contributed by atoms with Gasteiger partial charge in [-0.3, -0.25) is 14.6 Å². The molecule has 2 heterocycles. The van der Waals surface area contributed by atoms with Gasteiger partial charge in [-0.1, -0.05) is 13.8 Å². The largest absolute Gasteiger partial charge is 0.450 e. The average molecular weight is 415 g/mol. The van der Waals surface area contributed by atoms with Crippen molar-refractivity contribution in [2.45, 2.75) is 46.6 Å². The monoisotopic (exact) mass is 415 g/mol. The van der Waals surface area contributed by atoms with E-state index >= 15 is 0 Å². The molecule has 2 aromatic heterocycles. The number of aromatic amines is 1. The third-order valence-corrected chi connectivity index (χ3v) is 4.41. The first kappa shape index (κ1) is 23.1. The van der Waals surface area contributed by atoms with Crippen molar-refractivity contribution in [1.82, 2.24) is 25.6 Å². The van der Waals surface area contributed by atoms with Crippen LogP contribution in [0.15, 0.2) is 29.3 Å². The second-order valence-corrected chi connectivity index (χ2v) is 7.39. The molecule has 3 N–H and O–H groups in total. The summed E-state index contributed by atoms with van der Waals surface area (Å²) in [6, 6.07) is 3.23. The number of hydrogen-bond donors (Lipinski definition) is 3. The number of alkyl carbamates (subject to hydrolysis) is 1. The number of rotatable bonds is 9. The van der Waals surface area contributed by atoms with E-state index in [2.05, 4.69) is 25.6 Å². The van der Waals surface area contributed by atoms with Gasteiger partial charge in [0.1, 0.15) is 5.82 Å². The third kappa shape index (κ3) is 6.98. The molecule has 2 rings (SSSR count). The molecule has 9 heteroatoms. The summed E-state index contributed by atoms with van der Waals surface area (Å²) < 4.78 is 4.92. The van der Waals surface area contributed by atoms with E-state index in [1.165, 1.54) is 0 Å². The van der Waals surface area contributed by atoms with Gasteiger partial charge in [-0.2, -0.15) is 0 Å². The second kappa shape index (κ2) is 11.1. The molecule has 0 bridgehead atoms. The van der Waals surface area contributed by atoms with Crippen molar-refractivity contribution in [3.63, 3.8) is 0 Å². The number of carbonyl (C=O) groups excluding carboxylic acids is 2. The SMILES string of the molecule is CCOC(=O)N[C@H](CNC(=O)Cc1c(C)nc(-c2ccncc2)[nH]c1=O)CC(C)C. The van der Waals surface area contributed by atoms with Gasteiger partial charge < -0.3 is 20.4 Å². The molecule has 30 heavy (non-hydrogen) atoms. The number of hydrogen-bond acceptors (Lipinski definition) is 6. The van der Waals surface area contributed by atoms with Crippen LogP contribution in [0.25, 0.3) is 11.4 Å². The molecule has 0 radical (unpaired) electrons. The maximum absolute atomic E-state index is 12.5. The lowest BCUT2D eigenvalue weighted by Crippen LogP contribution is -2.45. The molecule has 2 amide bonds. The van der Waals surface area contributed by atoms with Crippen LogP contribution < -0.4 is 16.2 Å². The van der Waals surface area contributed by atoms with E-state index in [0.717, 1.165) is 5.56 Å². The highest BCUT2D eigenvalue weighted by molar-refractivity contribution is 5.79. The molecule has 162 valence electrons. The topological polar surface area (TPSA) is 126 Å². The number of carbonyl (C=O) groups is 2. The van der Waals surface area contributed by atoms with E-state index in [1.54, 1.807) is 38.4 Å². The molecule has 0 saturated carbocycles. The van der Waals surface area contributed by atoms with E-state index in [0.29, 0.717) is 29.4 Å². The van der Waals surface area contributed by atoms with Crippen LogP contribution in [0.5, 0.6) is 0 Å². The zero-order valence-electron chi connectivity index (χ0n) is 17.8. The Hall–Kier alpha value is -3.23. The maximum atomic E-state index is 12.5. The standard InChI is InChI=1S/C21H29N5O4/c1-5-30-21(29)25-16(10-13(2)3)12-23-18(27)11-17-14(4)24-19(26-20(17)28)15-6-8-22-9-7-15/h6-9,13,16H,5,10-12H2,1-4H3,(H,23,27)(H,25,29)(H,24,26,28)/t16-/m0/s1. The molecule has 0 spiro atoms. The Bertz CT molecular complexity index is 911. The number of nitrogens with one attached hydrogen (secondary N) is 3. The van der Waals surface area contributed by atoms with Crippen molar-refractivity contribution in [3.05, 3.63) is 46.1 Å². The molecule has 0 aromatic carbocycles. The van der Waals surface area contributed by atoms with Gasteiger partial charge >= 0.3 is 6.09 Å². The fourth-order valence-electron chi connectivity index (χ4n) is 3.03. The minimum Gasteiger partial charge on any atom is -0.450 e. The summed E-state index contributed by atoms with van der Waals surface area (Å²) in [6.45, 7) is 8.01. The summed E-state index contributed by atoms with van der Waals surface area (Å²) in [5.74, 6) is 0.435. The number of ether oxygens (including phenoxy) is 1.